The summed E-state index contributed by atoms with van der Waals surface area (Å²) in [4.78, 5) is 41.9. The third kappa shape index (κ3) is 5.43. The van der Waals surface area contributed by atoms with Crippen molar-refractivity contribution in [3.05, 3.63) is 100 Å². The molecule has 0 N–H and O–H groups in total. The summed E-state index contributed by atoms with van der Waals surface area (Å²) in [6.45, 7) is 1.67. The van der Waals surface area contributed by atoms with Crippen LogP contribution in [0.2, 0.25) is 5.02 Å². The molecule has 1 fully saturated rings. The number of halogens is 2. The topological polar surface area (TPSA) is 66.9 Å². The van der Waals surface area contributed by atoms with Gasteiger partial charge in [-0.3, -0.25) is 9.59 Å². The molecule has 174 valence electrons. The zero-order valence-corrected chi connectivity index (χ0v) is 19.0. The highest BCUT2D eigenvalue weighted by molar-refractivity contribution is 6.30. The summed E-state index contributed by atoms with van der Waals surface area (Å²) in [5, 5.41) is 0.501. The average molecular weight is 481 g/mol. The quantitative estimate of drug-likeness (QED) is 0.390. The fraction of sp³-hybridized carbons (Fsp3) is 0.192. The molecule has 4 rings (SSSR count). The Morgan fingerprint density at radius 2 is 1.44 bits per heavy atom. The number of nitrogens with zero attached hydrogens (tertiary/aromatic N) is 2. The van der Waals surface area contributed by atoms with Crippen LogP contribution in [-0.2, 0) is 9.53 Å². The summed E-state index contributed by atoms with van der Waals surface area (Å²) in [6, 6.07) is 18.9. The highest BCUT2D eigenvalue weighted by Crippen LogP contribution is 2.19. The number of amides is 1. The second-order valence-corrected chi connectivity index (χ2v) is 8.24. The number of esters is 1. The minimum Gasteiger partial charge on any atom is -0.452 e. The number of carbonyl (C=O) groups excluding carboxylic acids is 3. The standard InChI is InChI=1S/C26H22ClFN2O4/c27-19-7-5-18(6-8-19)25(32)22-3-1-2-4-23(22)26(33)34-17-24(31)30-15-13-29(14-16-30)21-11-9-20(28)10-12-21/h1-12H,13-17H2. The Bertz CT molecular complexity index is 1190. The SMILES string of the molecule is O=C(OCC(=O)N1CCN(c2ccc(F)cc2)CC1)c1ccccc1C(=O)c1ccc(Cl)cc1. The van der Waals surface area contributed by atoms with Crippen molar-refractivity contribution >= 4 is 34.9 Å². The molecule has 1 amide bonds. The van der Waals surface area contributed by atoms with Crippen molar-refractivity contribution in [1.82, 2.24) is 4.90 Å². The molecule has 3 aromatic rings. The molecule has 1 saturated heterocycles. The van der Waals surface area contributed by atoms with Crippen LogP contribution in [0.3, 0.4) is 0 Å². The highest BCUT2D eigenvalue weighted by Gasteiger charge is 2.24. The number of rotatable bonds is 6. The number of anilines is 1. The normalized spacial score (nSPS) is 13.5. The Morgan fingerprint density at radius 3 is 2.09 bits per heavy atom. The predicted molar refractivity (Wildman–Crippen MR) is 127 cm³/mol. The fourth-order valence-corrected chi connectivity index (χ4v) is 3.90. The highest BCUT2D eigenvalue weighted by atomic mass is 35.5. The Kier molecular flexibility index (Phi) is 7.23. The molecule has 0 unspecified atom stereocenters. The van der Waals surface area contributed by atoms with E-state index < -0.39 is 12.6 Å². The number of piperazine rings is 1. The first-order chi connectivity index (χ1) is 16.4. The van der Waals surface area contributed by atoms with Crippen molar-refractivity contribution in [2.75, 3.05) is 37.7 Å². The second-order valence-electron chi connectivity index (χ2n) is 7.80. The van der Waals surface area contributed by atoms with Crippen LogP contribution in [0.4, 0.5) is 10.1 Å². The lowest BCUT2D eigenvalue weighted by atomic mass is 9.98. The summed E-state index contributed by atoms with van der Waals surface area (Å²) in [5.74, 6) is -1.69. The predicted octanol–water partition coefficient (Wildman–Crippen LogP) is 4.22. The van der Waals surface area contributed by atoms with E-state index in [4.69, 9.17) is 16.3 Å². The van der Waals surface area contributed by atoms with Crippen LogP contribution in [0, 0.1) is 5.82 Å². The number of benzene rings is 3. The Hall–Kier alpha value is -3.71. The molecule has 0 atom stereocenters. The van der Waals surface area contributed by atoms with Gasteiger partial charge in [0.1, 0.15) is 5.82 Å². The molecule has 0 aromatic heterocycles. The second kappa shape index (κ2) is 10.5. The van der Waals surface area contributed by atoms with E-state index in [2.05, 4.69) is 4.90 Å². The fourth-order valence-electron chi connectivity index (χ4n) is 3.78. The molecule has 3 aromatic carbocycles. The van der Waals surface area contributed by atoms with E-state index in [0.717, 1.165) is 5.69 Å². The Labute approximate surface area is 201 Å². The van der Waals surface area contributed by atoms with Crippen LogP contribution in [0.1, 0.15) is 26.3 Å². The molecule has 0 spiro atoms. The van der Waals surface area contributed by atoms with Crippen molar-refractivity contribution < 1.29 is 23.5 Å². The van der Waals surface area contributed by atoms with Gasteiger partial charge in [-0.25, -0.2) is 9.18 Å². The van der Waals surface area contributed by atoms with Crippen LogP contribution >= 0.6 is 11.6 Å². The zero-order valence-electron chi connectivity index (χ0n) is 18.2. The smallest absolute Gasteiger partial charge is 0.339 e. The van der Waals surface area contributed by atoms with Crippen molar-refractivity contribution in [3.8, 4) is 0 Å². The van der Waals surface area contributed by atoms with Crippen molar-refractivity contribution in [1.29, 1.82) is 0 Å². The van der Waals surface area contributed by atoms with E-state index >= 15 is 0 Å². The van der Waals surface area contributed by atoms with Gasteiger partial charge in [-0.15, -0.1) is 0 Å². The van der Waals surface area contributed by atoms with E-state index in [0.29, 0.717) is 36.8 Å². The van der Waals surface area contributed by atoms with Gasteiger partial charge in [0, 0.05) is 48.0 Å². The van der Waals surface area contributed by atoms with E-state index in [1.165, 1.54) is 18.2 Å². The third-order valence-corrected chi connectivity index (χ3v) is 5.90. The van der Waals surface area contributed by atoms with Crippen molar-refractivity contribution in [3.63, 3.8) is 0 Å². The first kappa shape index (κ1) is 23.4. The van der Waals surface area contributed by atoms with Crippen LogP contribution in [0.25, 0.3) is 0 Å². The van der Waals surface area contributed by atoms with Gasteiger partial charge in [-0.05, 0) is 54.6 Å². The molecule has 0 bridgehead atoms. The van der Waals surface area contributed by atoms with Crippen molar-refractivity contribution in [2.45, 2.75) is 0 Å². The minimum atomic E-state index is -0.740. The molecular formula is C26H22ClFN2O4. The summed E-state index contributed by atoms with van der Waals surface area (Å²) >= 11 is 5.89. The molecule has 0 radical (unpaired) electrons. The molecule has 8 heteroatoms. The molecule has 1 aliphatic rings. The molecule has 0 aliphatic carbocycles. The van der Waals surface area contributed by atoms with E-state index in [-0.39, 0.29) is 28.6 Å². The van der Waals surface area contributed by atoms with E-state index in [9.17, 15) is 18.8 Å². The molecule has 6 nitrogen and oxygen atoms in total. The largest absolute Gasteiger partial charge is 0.452 e. The molecule has 34 heavy (non-hydrogen) atoms. The van der Waals surface area contributed by atoms with Gasteiger partial charge in [0.2, 0.25) is 0 Å². The average Bonchev–Trinajstić information content (AvgIpc) is 2.87. The maximum absolute atomic E-state index is 13.1. The van der Waals surface area contributed by atoms with Crippen LogP contribution in [0.15, 0.2) is 72.8 Å². The van der Waals surface area contributed by atoms with Gasteiger partial charge in [-0.2, -0.15) is 0 Å². The summed E-state index contributed by atoms with van der Waals surface area (Å²) < 4.78 is 18.4. The van der Waals surface area contributed by atoms with Crippen LogP contribution < -0.4 is 4.90 Å². The molecular weight excluding hydrogens is 459 g/mol. The minimum absolute atomic E-state index is 0.0939. The zero-order chi connectivity index (χ0) is 24.1. The lowest BCUT2D eigenvalue weighted by Gasteiger charge is -2.36. The maximum atomic E-state index is 13.1. The first-order valence-electron chi connectivity index (χ1n) is 10.8. The first-order valence-corrected chi connectivity index (χ1v) is 11.1. The van der Waals surface area contributed by atoms with E-state index in [1.807, 2.05) is 0 Å². The lowest BCUT2D eigenvalue weighted by molar-refractivity contribution is -0.134. The lowest BCUT2D eigenvalue weighted by Crippen LogP contribution is -2.49. The number of ether oxygens (including phenoxy) is 1. The molecule has 1 aliphatic heterocycles. The maximum Gasteiger partial charge on any atom is 0.339 e. The number of hydrogen-bond acceptors (Lipinski definition) is 5. The van der Waals surface area contributed by atoms with Gasteiger partial charge < -0.3 is 14.5 Å². The van der Waals surface area contributed by atoms with Crippen LogP contribution in [0.5, 0.6) is 0 Å². The monoisotopic (exact) mass is 480 g/mol. The Balaban J connectivity index is 1.34. The van der Waals surface area contributed by atoms with Crippen LogP contribution in [-0.4, -0.2) is 55.3 Å². The van der Waals surface area contributed by atoms with Gasteiger partial charge in [0.15, 0.2) is 12.4 Å². The molecule has 1 heterocycles. The number of carbonyl (C=O) groups is 3. The van der Waals surface area contributed by atoms with Gasteiger partial charge >= 0.3 is 5.97 Å². The van der Waals surface area contributed by atoms with Gasteiger partial charge in [-0.1, -0.05) is 29.8 Å². The van der Waals surface area contributed by atoms with Gasteiger partial charge in [0.25, 0.3) is 5.91 Å². The van der Waals surface area contributed by atoms with Crippen molar-refractivity contribution in [2.24, 2.45) is 0 Å². The van der Waals surface area contributed by atoms with Gasteiger partial charge in [0.05, 0.1) is 5.56 Å². The number of hydrogen-bond donors (Lipinski definition) is 0. The Morgan fingerprint density at radius 1 is 0.824 bits per heavy atom. The molecule has 0 saturated carbocycles. The number of ketones is 1. The third-order valence-electron chi connectivity index (χ3n) is 5.65. The van der Waals surface area contributed by atoms with E-state index in [1.54, 1.807) is 59.5 Å². The summed E-state index contributed by atoms with van der Waals surface area (Å²) in [7, 11) is 0. The summed E-state index contributed by atoms with van der Waals surface area (Å²) in [6.07, 6.45) is 0. The summed E-state index contributed by atoms with van der Waals surface area (Å²) in [5.41, 5.74) is 1.56.